The number of aldehydes is 1. The van der Waals surface area contributed by atoms with Crippen LogP contribution in [0.5, 0.6) is 5.75 Å². The SMILES string of the molecule is C=CCCC(C(=O)NC)N(C)Cc1cc(O[C@H]2CCCC2N(CC)CC2CC(OC)C2)ccc1C=O. The molecule has 3 atom stereocenters. The lowest BCUT2D eigenvalue weighted by atomic mass is 9.81. The molecule has 7 nitrogen and oxygen atoms in total. The van der Waals surface area contributed by atoms with E-state index in [0.29, 0.717) is 36.6 Å². The molecular weight excluding hydrogens is 454 g/mol. The molecule has 7 heteroatoms. The molecule has 0 spiro atoms. The number of hydrogen-bond acceptors (Lipinski definition) is 6. The quantitative estimate of drug-likeness (QED) is 0.290. The Morgan fingerprint density at radius 1 is 1.31 bits per heavy atom. The first-order valence-electron chi connectivity index (χ1n) is 13.5. The minimum absolute atomic E-state index is 0.0313. The fraction of sp³-hybridized carbons (Fsp3) is 0.655. The highest BCUT2D eigenvalue weighted by Gasteiger charge is 2.37. The number of amides is 1. The molecule has 1 amide bonds. The molecule has 1 N–H and O–H groups in total. The van der Waals surface area contributed by atoms with Gasteiger partial charge in [0.15, 0.2) is 0 Å². The fourth-order valence-electron chi connectivity index (χ4n) is 5.76. The first-order valence-corrected chi connectivity index (χ1v) is 13.5. The minimum Gasteiger partial charge on any atom is -0.489 e. The molecule has 2 unspecified atom stereocenters. The van der Waals surface area contributed by atoms with Gasteiger partial charge in [0.25, 0.3) is 0 Å². The van der Waals surface area contributed by atoms with Crippen LogP contribution in [0.3, 0.4) is 0 Å². The summed E-state index contributed by atoms with van der Waals surface area (Å²) in [5.74, 6) is 1.47. The van der Waals surface area contributed by atoms with Gasteiger partial charge in [-0.15, -0.1) is 6.58 Å². The van der Waals surface area contributed by atoms with Gasteiger partial charge in [-0.05, 0) is 88.2 Å². The number of carbonyl (C=O) groups is 2. The zero-order valence-electron chi connectivity index (χ0n) is 22.6. The summed E-state index contributed by atoms with van der Waals surface area (Å²) >= 11 is 0. The van der Waals surface area contributed by atoms with E-state index in [1.165, 1.54) is 0 Å². The molecule has 0 bridgehead atoms. The van der Waals surface area contributed by atoms with Crippen molar-refractivity contribution in [3.63, 3.8) is 0 Å². The van der Waals surface area contributed by atoms with E-state index in [0.717, 1.165) is 69.2 Å². The van der Waals surface area contributed by atoms with E-state index >= 15 is 0 Å². The average molecular weight is 500 g/mol. The number of hydrogen-bond donors (Lipinski definition) is 1. The second-order valence-electron chi connectivity index (χ2n) is 10.3. The van der Waals surface area contributed by atoms with Crippen molar-refractivity contribution in [2.75, 3.05) is 34.3 Å². The summed E-state index contributed by atoms with van der Waals surface area (Å²) in [7, 11) is 5.38. The Bertz CT molecular complexity index is 870. The number of nitrogens with zero attached hydrogens (tertiary/aromatic N) is 2. The molecule has 0 heterocycles. The maximum absolute atomic E-state index is 12.5. The molecule has 2 aliphatic carbocycles. The molecule has 2 saturated carbocycles. The predicted octanol–water partition coefficient (Wildman–Crippen LogP) is 4.06. The summed E-state index contributed by atoms with van der Waals surface area (Å²) < 4.78 is 12.0. The van der Waals surface area contributed by atoms with E-state index in [1.54, 1.807) is 14.2 Å². The maximum atomic E-state index is 12.5. The number of nitrogens with one attached hydrogen (secondary N) is 1. The number of ether oxygens (including phenoxy) is 2. The van der Waals surface area contributed by atoms with E-state index in [9.17, 15) is 9.59 Å². The number of likely N-dealkylation sites (N-methyl/N-ethyl adjacent to an activating group) is 3. The van der Waals surface area contributed by atoms with E-state index in [2.05, 4.69) is 23.7 Å². The Morgan fingerprint density at radius 3 is 2.72 bits per heavy atom. The van der Waals surface area contributed by atoms with E-state index in [4.69, 9.17) is 9.47 Å². The Labute approximate surface area is 217 Å². The second-order valence-corrected chi connectivity index (χ2v) is 10.3. The topological polar surface area (TPSA) is 71.1 Å². The van der Waals surface area contributed by atoms with Crippen LogP contribution in [0.4, 0.5) is 0 Å². The van der Waals surface area contributed by atoms with Crippen molar-refractivity contribution in [3.05, 3.63) is 42.0 Å². The smallest absolute Gasteiger partial charge is 0.237 e. The van der Waals surface area contributed by atoms with Crippen molar-refractivity contribution in [2.24, 2.45) is 5.92 Å². The van der Waals surface area contributed by atoms with Crippen molar-refractivity contribution in [1.29, 1.82) is 0 Å². The zero-order chi connectivity index (χ0) is 26.1. The highest BCUT2D eigenvalue weighted by atomic mass is 16.5. The molecule has 3 rings (SSSR count). The maximum Gasteiger partial charge on any atom is 0.237 e. The summed E-state index contributed by atoms with van der Waals surface area (Å²) in [5.41, 5.74) is 1.50. The third kappa shape index (κ3) is 7.17. The largest absolute Gasteiger partial charge is 0.489 e. The van der Waals surface area contributed by atoms with Crippen molar-refractivity contribution >= 4 is 12.2 Å². The van der Waals surface area contributed by atoms with Crippen LogP contribution in [0.15, 0.2) is 30.9 Å². The van der Waals surface area contributed by atoms with Crippen molar-refractivity contribution < 1.29 is 19.1 Å². The van der Waals surface area contributed by atoms with Gasteiger partial charge in [0.2, 0.25) is 5.91 Å². The number of rotatable bonds is 15. The van der Waals surface area contributed by atoms with Gasteiger partial charge >= 0.3 is 0 Å². The third-order valence-corrected chi connectivity index (χ3v) is 7.99. The Hall–Kier alpha value is -2.22. The first-order chi connectivity index (χ1) is 17.4. The normalized spacial score (nSPS) is 24.4. The molecule has 200 valence electrons. The van der Waals surface area contributed by atoms with Crippen LogP contribution in [0.1, 0.15) is 67.8 Å². The molecular formula is C29H45N3O4. The zero-order valence-corrected chi connectivity index (χ0v) is 22.6. The van der Waals surface area contributed by atoms with E-state index in [-0.39, 0.29) is 18.1 Å². The van der Waals surface area contributed by atoms with Gasteiger partial charge in [-0.25, -0.2) is 0 Å². The van der Waals surface area contributed by atoms with Crippen molar-refractivity contribution in [3.8, 4) is 5.75 Å². The summed E-state index contributed by atoms with van der Waals surface area (Å²) in [6.07, 6.45) is 10.4. The molecule has 0 aliphatic heterocycles. The lowest BCUT2D eigenvalue weighted by molar-refractivity contribution is -0.125. The van der Waals surface area contributed by atoms with E-state index < -0.39 is 0 Å². The molecule has 0 radical (unpaired) electrons. The second kappa shape index (κ2) is 13.9. The summed E-state index contributed by atoms with van der Waals surface area (Å²) in [5, 5.41) is 2.76. The van der Waals surface area contributed by atoms with Gasteiger partial charge in [-0.2, -0.15) is 0 Å². The van der Waals surface area contributed by atoms with Gasteiger partial charge in [-0.3, -0.25) is 19.4 Å². The standard InChI is InChI=1S/C29H45N3O4/c1-6-8-10-27(29(34)30-3)31(4)19-23-17-24(14-13-22(23)20-33)36-28-12-9-11-26(28)32(7-2)18-21-15-25(16-21)35-5/h6,13-14,17,20-21,25-28H,1,7-12,15-16,18-19H2,2-5H3,(H,30,34)/t21?,25?,26?,27?,28-/m0/s1. The van der Waals surface area contributed by atoms with Crippen molar-refractivity contribution in [1.82, 2.24) is 15.1 Å². The van der Waals surface area contributed by atoms with Crippen LogP contribution < -0.4 is 10.1 Å². The molecule has 0 aromatic heterocycles. The average Bonchev–Trinajstić information content (AvgIpc) is 3.31. The molecule has 36 heavy (non-hydrogen) atoms. The fourth-order valence-corrected chi connectivity index (χ4v) is 5.76. The highest BCUT2D eigenvalue weighted by molar-refractivity contribution is 5.81. The van der Waals surface area contributed by atoms with Crippen LogP contribution in [0.25, 0.3) is 0 Å². The molecule has 1 aromatic rings. The van der Waals surface area contributed by atoms with Crippen LogP contribution in [-0.2, 0) is 16.1 Å². The van der Waals surface area contributed by atoms with Gasteiger partial charge in [0.1, 0.15) is 18.1 Å². The molecule has 2 aliphatic rings. The Morgan fingerprint density at radius 2 is 2.08 bits per heavy atom. The summed E-state index contributed by atoms with van der Waals surface area (Å²) in [4.78, 5) is 28.9. The van der Waals surface area contributed by atoms with Crippen molar-refractivity contribution in [2.45, 2.75) is 82.7 Å². The summed E-state index contributed by atoms with van der Waals surface area (Å²) in [6, 6.07) is 5.84. The highest BCUT2D eigenvalue weighted by Crippen LogP contribution is 2.34. The van der Waals surface area contributed by atoms with Gasteiger partial charge in [0, 0.05) is 38.9 Å². The lowest BCUT2D eigenvalue weighted by Crippen LogP contribution is -2.47. The number of methoxy groups -OCH3 is 1. The van der Waals surface area contributed by atoms with Crippen LogP contribution in [0, 0.1) is 5.92 Å². The Balaban J connectivity index is 1.69. The van der Waals surface area contributed by atoms with Crippen LogP contribution >= 0.6 is 0 Å². The Kier molecular flexibility index (Phi) is 11.0. The van der Waals surface area contributed by atoms with E-state index in [1.807, 2.05) is 36.2 Å². The van der Waals surface area contributed by atoms with Gasteiger partial charge < -0.3 is 14.8 Å². The number of benzene rings is 1. The minimum atomic E-state index is -0.293. The molecule has 2 fully saturated rings. The monoisotopic (exact) mass is 499 g/mol. The molecule has 0 saturated heterocycles. The first kappa shape index (κ1) is 28.4. The molecule has 1 aromatic carbocycles. The van der Waals surface area contributed by atoms with Gasteiger partial charge in [0.05, 0.1) is 12.1 Å². The predicted molar refractivity (Wildman–Crippen MR) is 143 cm³/mol. The number of carbonyl (C=O) groups excluding carboxylic acids is 2. The summed E-state index contributed by atoms with van der Waals surface area (Å²) in [6.45, 7) is 8.63. The third-order valence-electron chi connectivity index (χ3n) is 7.99. The van der Waals surface area contributed by atoms with Gasteiger partial charge in [-0.1, -0.05) is 13.0 Å². The van der Waals surface area contributed by atoms with Crippen LogP contribution in [-0.4, -0.2) is 80.6 Å². The van der Waals surface area contributed by atoms with Crippen LogP contribution in [0.2, 0.25) is 0 Å². The lowest BCUT2D eigenvalue weighted by Gasteiger charge is -2.40. The number of allylic oxidation sites excluding steroid dienone is 1.